The van der Waals surface area contributed by atoms with Gasteiger partial charge < -0.3 is 15.8 Å². The molecule has 0 saturated heterocycles. The Bertz CT molecular complexity index is 732. The van der Waals surface area contributed by atoms with Crippen LogP contribution in [0.15, 0.2) is 30.8 Å². The van der Waals surface area contributed by atoms with Gasteiger partial charge in [0.1, 0.15) is 17.1 Å². The lowest BCUT2D eigenvalue weighted by Crippen LogP contribution is -2.33. The first-order valence-electron chi connectivity index (χ1n) is 8.02. The average molecular weight is 328 g/mol. The van der Waals surface area contributed by atoms with Crippen LogP contribution in [0.4, 0.5) is 0 Å². The second-order valence-corrected chi connectivity index (χ2v) is 5.52. The van der Waals surface area contributed by atoms with Crippen LogP contribution in [-0.2, 0) is 6.42 Å². The molecule has 0 bridgehead atoms. The summed E-state index contributed by atoms with van der Waals surface area (Å²) in [5.74, 6) is 0.597. The number of fused-ring (bicyclic) bond motifs is 1. The second kappa shape index (κ2) is 7.68. The molecule has 0 saturated carbocycles. The fourth-order valence-corrected chi connectivity index (χ4v) is 2.47. The van der Waals surface area contributed by atoms with Gasteiger partial charge in [0.15, 0.2) is 0 Å². The predicted molar refractivity (Wildman–Crippen MR) is 95.3 cm³/mol. The van der Waals surface area contributed by atoms with Crippen LogP contribution in [-0.4, -0.2) is 29.3 Å². The van der Waals surface area contributed by atoms with E-state index in [2.05, 4.69) is 30.8 Å². The third kappa shape index (κ3) is 3.42. The molecule has 6 heteroatoms. The summed E-state index contributed by atoms with van der Waals surface area (Å²) in [4.78, 5) is 12.2. The first kappa shape index (κ1) is 17.6. The number of benzene rings is 1. The van der Waals surface area contributed by atoms with Gasteiger partial charge in [-0.3, -0.25) is 4.79 Å². The summed E-state index contributed by atoms with van der Waals surface area (Å²) in [6.45, 7) is 8.58. The molecule has 0 spiro atoms. The zero-order chi connectivity index (χ0) is 17.7. The number of hydrogen-bond donors (Lipinski definition) is 2. The number of hydrogen-bond acceptors (Lipinski definition) is 4. The lowest BCUT2D eigenvalue weighted by atomic mass is 10.0. The predicted octanol–water partition coefficient (Wildman–Crippen LogP) is 2.51. The van der Waals surface area contributed by atoms with Gasteiger partial charge in [-0.25, -0.2) is 4.68 Å². The maximum absolute atomic E-state index is 12.2. The molecule has 0 radical (unpaired) electrons. The lowest BCUT2D eigenvalue weighted by Gasteiger charge is -2.15. The number of rotatable bonds is 3. The van der Waals surface area contributed by atoms with Crippen molar-refractivity contribution in [2.75, 3.05) is 13.7 Å². The highest BCUT2D eigenvalue weighted by molar-refractivity contribution is 5.96. The Morgan fingerprint density at radius 2 is 2.00 bits per heavy atom. The van der Waals surface area contributed by atoms with Crippen LogP contribution in [0.3, 0.4) is 0 Å². The third-order valence-electron chi connectivity index (χ3n) is 3.48. The van der Waals surface area contributed by atoms with Crippen LogP contribution in [0.25, 0.3) is 11.4 Å². The van der Waals surface area contributed by atoms with Crippen molar-refractivity contribution >= 4 is 11.6 Å². The van der Waals surface area contributed by atoms with Gasteiger partial charge in [0, 0.05) is 12.1 Å². The summed E-state index contributed by atoms with van der Waals surface area (Å²) in [5.41, 5.74) is 8.91. The van der Waals surface area contributed by atoms with E-state index in [-0.39, 0.29) is 5.91 Å². The molecule has 0 atom stereocenters. The minimum atomic E-state index is -0.146. The summed E-state index contributed by atoms with van der Waals surface area (Å²) in [6, 6.07) is 7.33. The Labute approximate surface area is 142 Å². The molecule has 1 aromatic carbocycles. The smallest absolute Gasteiger partial charge is 0.270 e. The van der Waals surface area contributed by atoms with Crippen LogP contribution in [0.5, 0.6) is 5.75 Å². The topological polar surface area (TPSA) is 82.2 Å². The van der Waals surface area contributed by atoms with E-state index in [1.807, 2.05) is 24.3 Å². The van der Waals surface area contributed by atoms with E-state index in [1.165, 1.54) is 6.42 Å². The fraction of sp³-hybridized carbons (Fsp3) is 0.333. The molecule has 1 aliphatic rings. The van der Waals surface area contributed by atoms with E-state index < -0.39 is 0 Å². The molecule has 3 N–H and O–H groups in total. The molecule has 1 aliphatic heterocycles. The van der Waals surface area contributed by atoms with Crippen molar-refractivity contribution in [3.8, 4) is 11.4 Å². The number of nitrogens with two attached hydrogens (primary N) is 1. The summed E-state index contributed by atoms with van der Waals surface area (Å²) in [7, 11) is 1.61. The highest BCUT2D eigenvalue weighted by Gasteiger charge is 2.27. The van der Waals surface area contributed by atoms with Crippen LogP contribution >= 0.6 is 0 Å². The molecule has 128 valence electrons. The minimum absolute atomic E-state index is 0.146. The Morgan fingerprint density at radius 1 is 1.38 bits per heavy atom. The number of methoxy groups -OCH3 is 1. The van der Waals surface area contributed by atoms with Crippen molar-refractivity contribution in [1.82, 2.24) is 15.1 Å². The summed E-state index contributed by atoms with van der Waals surface area (Å²) in [6.07, 6.45) is 1.95. The van der Waals surface area contributed by atoms with E-state index in [0.717, 1.165) is 17.0 Å². The van der Waals surface area contributed by atoms with Crippen molar-refractivity contribution < 1.29 is 9.53 Å². The minimum Gasteiger partial charge on any atom is -0.497 e. The quantitative estimate of drug-likeness (QED) is 0.907. The SMILES string of the molecule is C=C(N)c1nn(-c2ccc(OC)cc2)c2c1CCNC2=O.CCC. The highest BCUT2D eigenvalue weighted by Crippen LogP contribution is 2.25. The monoisotopic (exact) mass is 328 g/mol. The molecule has 2 aromatic rings. The number of carbonyl (C=O) groups is 1. The fourth-order valence-electron chi connectivity index (χ4n) is 2.47. The Morgan fingerprint density at radius 3 is 2.54 bits per heavy atom. The molecular formula is C18H24N4O2. The molecule has 1 amide bonds. The summed E-state index contributed by atoms with van der Waals surface area (Å²) >= 11 is 0. The molecule has 0 unspecified atom stereocenters. The summed E-state index contributed by atoms with van der Waals surface area (Å²) in [5, 5.41) is 7.29. The zero-order valence-electron chi connectivity index (χ0n) is 14.4. The third-order valence-corrected chi connectivity index (χ3v) is 3.48. The maximum Gasteiger partial charge on any atom is 0.270 e. The number of nitrogens with one attached hydrogen (secondary N) is 1. The number of amides is 1. The van der Waals surface area contributed by atoms with E-state index >= 15 is 0 Å². The Balaban J connectivity index is 0.000000647. The molecule has 1 aromatic heterocycles. The number of ether oxygens (including phenoxy) is 1. The van der Waals surface area contributed by atoms with Gasteiger partial charge in [0.05, 0.1) is 18.5 Å². The first-order chi connectivity index (χ1) is 11.5. The van der Waals surface area contributed by atoms with Crippen molar-refractivity contribution in [3.63, 3.8) is 0 Å². The van der Waals surface area contributed by atoms with Crippen molar-refractivity contribution in [2.24, 2.45) is 5.73 Å². The van der Waals surface area contributed by atoms with Crippen LogP contribution < -0.4 is 15.8 Å². The highest BCUT2D eigenvalue weighted by atomic mass is 16.5. The Kier molecular flexibility index (Phi) is 5.63. The molecule has 3 rings (SSSR count). The normalized spacial score (nSPS) is 12.5. The van der Waals surface area contributed by atoms with E-state index in [9.17, 15) is 4.79 Å². The largest absolute Gasteiger partial charge is 0.497 e. The molecule has 24 heavy (non-hydrogen) atoms. The van der Waals surface area contributed by atoms with Crippen LogP contribution in [0.1, 0.15) is 42.0 Å². The van der Waals surface area contributed by atoms with Gasteiger partial charge in [-0.05, 0) is 30.7 Å². The molecule has 0 fully saturated rings. The Hall–Kier alpha value is -2.76. The number of aromatic nitrogens is 2. The number of nitrogens with zero attached hydrogens (tertiary/aromatic N) is 2. The van der Waals surface area contributed by atoms with Gasteiger partial charge in [-0.2, -0.15) is 5.10 Å². The van der Waals surface area contributed by atoms with Gasteiger partial charge in [0.25, 0.3) is 5.91 Å². The van der Waals surface area contributed by atoms with Crippen molar-refractivity contribution in [3.05, 3.63) is 47.8 Å². The van der Waals surface area contributed by atoms with E-state index in [1.54, 1.807) is 11.8 Å². The zero-order valence-corrected chi connectivity index (χ0v) is 14.4. The van der Waals surface area contributed by atoms with E-state index in [0.29, 0.717) is 30.1 Å². The molecule has 2 heterocycles. The van der Waals surface area contributed by atoms with Gasteiger partial charge in [0.2, 0.25) is 0 Å². The average Bonchev–Trinajstić information content (AvgIpc) is 2.97. The first-order valence-corrected chi connectivity index (χ1v) is 8.02. The molecule has 6 nitrogen and oxygen atoms in total. The van der Waals surface area contributed by atoms with Crippen LogP contribution in [0.2, 0.25) is 0 Å². The van der Waals surface area contributed by atoms with Gasteiger partial charge in [-0.1, -0.05) is 26.8 Å². The second-order valence-electron chi connectivity index (χ2n) is 5.52. The maximum atomic E-state index is 12.2. The molecular weight excluding hydrogens is 304 g/mol. The standard InChI is InChI=1S/C15H16N4O2.C3H8/c1-9(16)13-12-7-8-17-15(20)14(12)19(18-13)10-3-5-11(21-2)6-4-10;1-3-2/h3-6H,1,7-8,16H2,2H3,(H,17,20);3H2,1-2H3. The van der Waals surface area contributed by atoms with Gasteiger partial charge in [-0.15, -0.1) is 0 Å². The number of carbonyl (C=O) groups excluding carboxylic acids is 1. The van der Waals surface area contributed by atoms with Crippen LogP contribution in [0, 0.1) is 0 Å². The van der Waals surface area contributed by atoms with Crippen molar-refractivity contribution in [1.29, 1.82) is 0 Å². The van der Waals surface area contributed by atoms with E-state index in [4.69, 9.17) is 10.5 Å². The summed E-state index contributed by atoms with van der Waals surface area (Å²) < 4.78 is 6.75. The molecule has 0 aliphatic carbocycles. The van der Waals surface area contributed by atoms with Crippen molar-refractivity contribution in [2.45, 2.75) is 26.7 Å². The lowest BCUT2D eigenvalue weighted by molar-refractivity contribution is 0.0938. The van der Waals surface area contributed by atoms with Gasteiger partial charge >= 0.3 is 0 Å².